The van der Waals surface area contributed by atoms with E-state index in [1.807, 2.05) is 11.8 Å². The highest BCUT2D eigenvalue weighted by atomic mass is 35.5. The average Bonchev–Trinajstić information content (AvgIpc) is 2.26. The Morgan fingerprint density at radius 1 is 1.38 bits per heavy atom. The third kappa shape index (κ3) is 1.95. The molecule has 0 atom stereocenters. The van der Waals surface area contributed by atoms with Crippen LogP contribution in [-0.4, -0.2) is 47.5 Å². The van der Waals surface area contributed by atoms with Crippen molar-refractivity contribution in [3.8, 4) is 0 Å². The predicted molar refractivity (Wildman–Crippen MR) is 61.6 cm³/mol. The topological polar surface area (TPSA) is 49.3 Å². The number of amides is 1. The van der Waals surface area contributed by atoms with Gasteiger partial charge in [-0.3, -0.25) is 4.79 Å². The maximum absolute atomic E-state index is 11.6. The van der Waals surface area contributed by atoms with Gasteiger partial charge in [0.25, 0.3) is 0 Å². The summed E-state index contributed by atoms with van der Waals surface area (Å²) in [6, 6.07) is 0. The fourth-order valence-electron chi connectivity index (χ4n) is 1.68. The summed E-state index contributed by atoms with van der Waals surface area (Å²) in [5, 5.41) is 0.441. The quantitative estimate of drug-likeness (QED) is 0.679. The van der Waals surface area contributed by atoms with Crippen molar-refractivity contribution >= 4 is 23.3 Å². The third-order valence-electron chi connectivity index (χ3n) is 2.75. The molecule has 2 heterocycles. The highest BCUT2D eigenvalue weighted by Gasteiger charge is 2.23. The van der Waals surface area contributed by atoms with Gasteiger partial charge in [0.05, 0.1) is 6.54 Å². The van der Waals surface area contributed by atoms with Gasteiger partial charge >= 0.3 is 0 Å². The molecule has 1 amide bonds. The molecule has 1 aromatic rings. The summed E-state index contributed by atoms with van der Waals surface area (Å²) >= 11 is 5.92. The minimum absolute atomic E-state index is 0.0976. The van der Waals surface area contributed by atoms with Crippen molar-refractivity contribution in [2.24, 2.45) is 0 Å². The first kappa shape index (κ1) is 11.1. The number of piperazine rings is 1. The van der Waals surface area contributed by atoms with Gasteiger partial charge in [-0.25, -0.2) is 9.97 Å². The molecular weight excluding hydrogens is 228 g/mol. The lowest BCUT2D eigenvalue weighted by molar-refractivity contribution is -0.129. The number of nitrogens with zero attached hydrogens (tertiary/aromatic N) is 4. The molecular formula is C10H13ClN4O. The average molecular weight is 241 g/mol. The largest absolute Gasteiger partial charge is 0.345 e. The summed E-state index contributed by atoms with van der Waals surface area (Å²) in [4.78, 5) is 23.3. The molecule has 1 saturated heterocycles. The minimum atomic E-state index is 0.0976. The van der Waals surface area contributed by atoms with Crippen molar-refractivity contribution in [1.29, 1.82) is 0 Å². The van der Waals surface area contributed by atoms with Crippen LogP contribution in [0.1, 0.15) is 5.56 Å². The van der Waals surface area contributed by atoms with Crippen LogP contribution in [-0.2, 0) is 4.79 Å². The Morgan fingerprint density at radius 2 is 2.12 bits per heavy atom. The summed E-state index contributed by atoms with van der Waals surface area (Å²) in [5.74, 6) is 0.849. The Hall–Kier alpha value is -1.36. The van der Waals surface area contributed by atoms with Crippen LogP contribution < -0.4 is 4.90 Å². The molecule has 16 heavy (non-hydrogen) atoms. The van der Waals surface area contributed by atoms with Crippen LogP contribution in [0.25, 0.3) is 0 Å². The fraction of sp³-hybridized carbons (Fsp3) is 0.500. The number of anilines is 1. The van der Waals surface area contributed by atoms with Gasteiger partial charge in [-0.05, 0) is 6.92 Å². The standard InChI is InChI=1S/C10H13ClN4O/c1-7-9(11)12-6-13-10(7)15-4-3-14(2)8(16)5-15/h6H,3-5H2,1-2H3. The molecule has 1 aliphatic heterocycles. The van der Waals surface area contributed by atoms with Gasteiger partial charge in [0.2, 0.25) is 5.91 Å². The summed E-state index contributed by atoms with van der Waals surface area (Å²) < 4.78 is 0. The molecule has 2 rings (SSSR count). The minimum Gasteiger partial charge on any atom is -0.345 e. The first-order valence-corrected chi connectivity index (χ1v) is 5.43. The van der Waals surface area contributed by atoms with Crippen LogP contribution in [0.15, 0.2) is 6.33 Å². The second-order valence-corrected chi connectivity index (χ2v) is 4.21. The molecule has 5 nitrogen and oxygen atoms in total. The highest BCUT2D eigenvalue weighted by Crippen LogP contribution is 2.22. The van der Waals surface area contributed by atoms with Crippen molar-refractivity contribution in [2.45, 2.75) is 6.92 Å². The smallest absolute Gasteiger partial charge is 0.241 e. The zero-order valence-electron chi connectivity index (χ0n) is 9.27. The number of hydrogen-bond acceptors (Lipinski definition) is 4. The molecule has 86 valence electrons. The molecule has 0 saturated carbocycles. The number of rotatable bonds is 1. The lowest BCUT2D eigenvalue weighted by Crippen LogP contribution is -2.49. The second kappa shape index (κ2) is 4.25. The third-order valence-corrected chi connectivity index (χ3v) is 3.13. The summed E-state index contributed by atoms with van der Waals surface area (Å²) in [6.45, 7) is 3.70. The molecule has 1 aliphatic rings. The van der Waals surface area contributed by atoms with Crippen LogP contribution >= 0.6 is 11.6 Å². The predicted octanol–water partition coefficient (Wildman–Crippen LogP) is 0.717. The Morgan fingerprint density at radius 3 is 2.81 bits per heavy atom. The number of halogens is 1. The molecule has 6 heteroatoms. The van der Waals surface area contributed by atoms with E-state index in [2.05, 4.69) is 9.97 Å². The van der Waals surface area contributed by atoms with Crippen LogP contribution in [0.5, 0.6) is 0 Å². The van der Waals surface area contributed by atoms with Gasteiger partial charge in [-0.1, -0.05) is 11.6 Å². The molecule has 0 aromatic carbocycles. The van der Waals surface area contributed by atoms with Crippen LogP contribution in [0.2, 0.25) is 5.15 Å². The summed E-state index contributed by atoms with van der Waals surface area (Å²) in [6.07, 6.45) is 1.42. The number of hydrogen-bond donors (Lipinski definition) is 0. The van der Waals surface area contributed by atoms with Gasteiger partial charge in [0, 0.05) is 25.7 Å². The van der Waals surface area contributed by atoms with Crippen molar-refractivity contribution in [3.05, 3.63) is 17.0 Å². The van der Waals surface area contributed by atoms with Crippen molar-refractivity contribution < 1.29 is 4.79 Å². The van der Waals surface area contributed by atoms with Crippen LogP contribution in [0, 0.1) is 6.92 Å². The van der Waals surface area contributed by atoms with E-state index >= 15 is 0 Å². The van der Waals surface area contributed by atoms with E-state index in [0.717, 1.165) is 17.9 Å². The Labute approximate surface area is 99.0 Å². The summed E-state index contributed by atoms with van der Waals surface area (Å²) in [5.41, 5.74) is 0.821. The van der Waals surface area contributed by atoms with Crippen LogP contribution in [0.3, 0.4) is 0 Å². The van der Waals surface area contributed by atoms with Gasteiger partial charge < -0.3 is 9.80 Å². The second-order valence-electron chi connectivity index (χ2n) is 3.85. The van der Waals surface area contributed by atoms with E-state index in [1.54, 1.807) is 11.9 Å². The zero-order chi connectivity index (χ0) is 11.7. The molecule has 0 spiro atoms. The Kier molecular flexibility index (Phi) is 2.96. The van der Waals surface area contributed by atoms with Gasteiger partial charge in [0.15, 0.2) is 0 Å². The van der Waals surface area contributed by atoms with E-state index in [0.29, 0.717) is 18.2 Å². The van der Waals surface area contributed by atoms with Crippen LogP contribution in [0.4, 0.5) is 5.82 Å². The first-order valence-electron chi connectivity index (χ1n) is 5.05. The molecule has 0 bridgehead atoms. The Balaban J connectivity index is 2.25. The van der Waals surface area contributed by atoms with Gasteiger partial charge in [-0.2, -0.15) is 0 Å². The normalized spacial score (nSPS) is 16.8. The lowest BCUT2D eigenvalue weighted by atomic mass is 10.2. The van der Waals surface area contributed by atoms with E-state index < -0.39 is 0 Å². The Bertz CT molecular complexity index is 423. The SMILES string of the molecule is Cc1c(Cl)ncnc1N1CCN(C)C(=O)C1. The van der Waals surface area contributed by atoms with Gasteiger partial charge in [0.1, 0.15) is 17.3 Å². The molecule has 0 aliphatic carbocycles. The maximum Gasteiger partial charge on any atom is 0.241 e. The lowest BCUT2D eigenvalue weighted by Gasteiger charge is -2.33. The molecule has 1 fully saturated rings. The molecule has 0 unspecified atom stereocenters. The molecule has 0 radical (unpaired) electrons. The fourth-order valence-corrected chi connectivity index (χ4v) is 1.81. The number of aromatic nitrogens is 2. The number of carbonyl (C=O) groups is 1. The van der Waals surface area contributed by atoms with Crippen molar-refractivity contribution in [2.75, 3.05) is 31.6 Å². The van der Waals surface area contributed by atoms with E-state index in [4.69, 9.17) is 11.6 Å². The van der Waals surface area contributed by atoms with Crippen molar-refractivity contribution in [3.63, 3.8) is 0 Å². The van der Waals surface area contributed by atoms with Crippen molar-refractivity contribution in [1.82, 2.24) is 14.9 Å². The number of carbonyl (C=O) groups excluding carboxylic acids is 1. The zero-order valence-corrected chi connectivity index (χ0v) is 10.0. The van der Waals surface area contributed by atoms with Gasteiger partial charge in [-0.15, -0.1) is 0 Å². The first-order chi connectivity index (χ1) is 7.59. The van der Waals surface area contributed by atoms with E-state index in [1.165, 1.54) is 6.33 Å². The summed E-state index contributed by atoms with van der Waals surface area (Å²) in [7, 11) is 1.81. The molecule has 0 N–H and O–H groups in total. The maximum atomic E-state index is 11.6. The molecule has 1 aromatic heterocycles. The monoisotopic (exact) mass is 240 g/mol. The highest BCUT2D eigenvalue weighted by molar-refractivity contribution is 6.30. The van der Waals surface area contributed by atoms with E-state index in [9.17, 15) is 4.79 Å². The van der Waals surface area contributed by atoms with E-state index in [-0.39, 0.29) is 5.91 Å². The number of likely N-dealkylation sites (N-methyl/N-ethyl adjacent to an activating group) is 1.